The van der Waals surface area contributed by atoms with Crippen LogP contribution < -0.4 is 5.73 Å². The summed E-state index contributed by atoms with van der Waals surface area (Å²) in [5.74, 6) is -1.44. The lowest BCUT2D eigenvalue weighted by Gasteiger charge is -2.47. The van der Waals surface area contributed by atoms with E-state index in [1.165, 1.54) is 13.0 Å². The predicted octanol–water partition coefficient (Wildman–Crippen LogP) is 4.36. The molecule has 7 nitrogen and oxygen atoms in total. The second-order valence-electron chi connectivity index (χ2n) is 12.6. The molecule has 0 aromatic heterocycles. The van der Waals surface area contributed by atoms with E-state index in [-0.39, 0.29) is 56.2 Å². The van der Waals surface area contributed by atoms with Crippen molar-refractivity contribution in [3.05, 3.63) is 53.8 Å². The van der Waals surface area contributed by atoms with Crippen LogP contribution in [0.5, 0.6) is 0 Å². The Balaban J connectivity index is 1.27. The maximum absolute atomic E-state index is 17.1. The maximum atomic E-state index is 17.1. The van der Waals surface area contributed by atoms with E-state index >= 15 is 4.39 Å². The zero-order valence-electron chi connectivity index (χ0n) is 23.8. The topological polar surface area (TPSA) is 96.1 Å². The number of amides is 2. The molecule has 2 saturated heterocycles. The van der Waals surface area contributed by atoms with Crippen molar-refractivity contribution in [2.24, 2.45) is 17.1 Å². The third-order valence-corrected chi connectivity index (χ3v) is 9.75. The van der Waals surface area contributed by atoms with Gasteiger partial charge in [0.05, 0.1) is 24.5 Å². The summed E-state index contributed by atoms with van der Waals surface area (Å²) < 4.78 is 64.0. The summed E-state index contributed by atoms with van der Waals surface area (Å²) in [6.45, 7) is 2.58. The van der Waals surface area contributed by atoms with Gasteiger partial charge < -0.3 is 25.4 Å². The zero-order valence-corrected chi connectivity index (χ0v) is 23.8. The number of aliphatic hydroxyl groups excluding tert-OH is 1. The fraction of sp³-hybridized carbons (Fsp3) is 0.613. The average molecular weight is 594 g/mol. The van der Waals surface area contributed by atoms with E-state index in [1.807, 2.05) is 4.90 Å². The molecule has 2 amide bonds. The SMILES string of the molecule is C[C@@]1(C(N)=O)C[C@@H](O)CN1C(=O)C1(F)CC(OCC2CCN(CC3(C(F)(F)F)CCC3)CC2)=CC=C1c1ccccc1. The van der Waals surface area contributed by atoms with Gasteiger partial charge in [-0.25, -0.2) is 4.39 Å². The number of hydrogen-bond donors (Lipinski definition) is 2. The minimum atomic E-state index is -4.19. The monoisotopic (exact) mass is 593 g/mol. The molecule has 42 heavy (non-hydrogen) atoms. The first-order valence-electron chi connectivity index (χ1n) is 14.6. The molecular formula is C31H39F4N3O4. The Morgan fingerprint density at radius 1 is 1.12 bits per heavy atom. The second-order valence-corrected chi connectivity index (χ2v) is 12.6. The minimum absolute atomic E-state index is 0.0319. The van der Waals surface area contributed by atoms with Crippen molar-refractivity contribution in [3.63, 3.8) is 0 Å². The molecule has 0 spiro atoms. The molecule has 5 rings (SSSR count). The minimum Gasteiger partial charge on any atom is -0.497 e. The molecule has 3 N–H and O–H groups in total. The number of benzene rings is 1. The first-order valence-corrected chi connectivity index (χ1v) is 14.6. The number of carbonyl (C=O) groups excluding carboxylic acids is 2. The molecule has 3 atom stereocenters. The van der Waals surface area contributed by atoms with Gasteiger partial charge in [0.15, 0.2) is 0 Å². The van der Waals surface area contributed by atoms with Crippen LogP contribution in [-0.4, -0.2) is 83.0 Å². The van der Waals surface area contributed by atoms with Gasteiger partial charge in [0, 0.05) is 25.1 Å². The average Bonchev–Trinajstić information content (AvgIpc) is 3.24. The number of halogens is 4. The van der Waals surface area contributed by atoms with Gasteiger partial charge in [0.25, 0.3) is 5.91 Å². The molecule has 2 aliphatic carbocycles. The lowest BCUT2D eigenvalue weighted by Crippen LogP contribution is -2.59. The number of alkyl halides is 4. The van der Waals surface area contributed by atoms with Crippen LogP contribution in [0.3, 0.4) is 0 Å². The van der Waals surface area contributed by atoms with Crippen LogP contribution >= 0.6 is 0 Å². The normalized spacial score (nSPS) is 30.3. The number of allylic oxidation sites excluding steroid dienone is 3. The summed E-state index contributed by atoms with van der Waals surface area (Å²) in [6.07, 6.45) is -0.246. The molecule has 4 aliphatic rings. The number of nitrogens with zero attached hydrogens (tertiary/aromatic N) is 2. The van der Waals surface area contributed by atoms with Crippen LogP contribution in [0, 0.1) is 11.3 Å². The fourth-order valence-corrected chi connectivity index (χ4v) is 6.83. The van der Waals surface area contributed by atoms with Crippen molar-refractivity contribution < 1.29 is 37.0 Å². The Kier molecular flexibility index (Phi) is 8.21. The van der Waals surface area contributed by atoms with Gasteiger partial charge in [-0.15, -0.1) is 0 Å². The summed E-state index contributed by atoms with van der Waals surface area (Å²) in [7, 11) is 0. The number of piperidine rings is 1. The number of likely N-dealkylation sites (tertiary alicyclic amines) is 2. The van der Waals surface area contributed by atoms with Gasteiger partial charge in [-0.05, 0) is 63.3 Å². The standard InChI is InChI=1S/C31H39F4N3O4/c1-28(26(36)40)16-23(39)18-38(28)27(41)30(32)17-24(8-9-25(30)22-6-3-2-4-7-22)42-19-21-10-14-37(15-11-21)20-29(12-5-13-29)31(33,34)35/h2-4,6-9,21,23,39H,5,10-20H2,1H3,(H2,36,40)/t23-,28+,30?/m1/s1. The van der Waals surface area contributed by atoms with Gasteiger partial charge in [0.1, 0.15) is 11.3 Å². The van der Waals surface area contributed by atoms with Crippen LogP contribution in [0.2, 0.25) is 0 Å². The lowest BCUT2D eigenvalue weighted by molar-refractivity contribution is -0.256. The van der Waals surface area contributed by atoms with Crippen molar-refractivity contribution in [1.82, 2.24) is 9.80 Å². The molecule has 0 bridgehead atoms. The van der Waals surface area contributed by atoms with E-state index in [0.717, 1.165) is 4.90 Å². The predicted molar refractivity (Wildman–Crippen MR) is 148 cm³/mol. The first-order chi connectivity index (χ1) is 19.8. The van der Waals surface area contributed by atoms with E-state index < -0.39 is 47.1 Å². The highest BCUT2D eigenvalue weighted by molar-refractivity contribution is 6.03. The fourth-order valence-electron chi connectivity index (χ4n) is 6.83. The van der Waals surface area contributed by atoms with Crippen molar-refractivity contribution in [3.8, 4) is 0 Å². The lowest BCUT2D eigenvalue weighted by atomic mass is 9.67. The van der Waals surface area contributed by atoms with Crippen molar-refractivity contribution in [2.75, 3.05) is 32.8 Å². The van der Waals surface area contributed by atoms with Crippen LogP contribution in [0.4, 0.5) is 17.6 Å². The largest absolute Gasteiger partial charge is 0.497 e. The van der Waals surface area contributed by atoms with E-state index in [0.29, 0.717) is 37.9 Å². The summed E-state index contributed by atoms with van der Waals surface area (Å²) >= 11 is 0. The molecule has 11 heteroatoms. The third kappa shape index (κ3) is 5.57. The summed E-state index contributed by atoms with van der Waals surface area (Å²) in [5, 5.41) is 10.3. The maximum Gasteiger partial charge on any atom is 0.395 e. The number of rotatable bonds is 8. The molecule has 230 valence electrons. The molecular weight excluding hydrogens is 554 g/mol. The third-order valence-electron chi connectivity index (χ3n) is 9.75. The van der Waals surface area contributed by atoms with Crippen LogP contribution in [0.1, 0.15) is 57.4 Å². The van der Waals surface area contributed by atoms with E-state index in [9.17, 15) is 27.9 Å². The van der Waals surface area contributed by atoms with Crippen molar-refractivity contribution >= 4 is 17.4 Å². The van der Waals surface area contributed by atoms with E-state index in [1.54, 1.807) is 36.4 Å². The number of carbonyl (C=O) groups is 2. The number of ether oxygens (including phenoxy) is 1. The molecule has 1 unspecified atom stereocenters. The molecule has 1 aromatic carbocycles. The molecule has 1 saturated carbocycles. The Morgan fingerprint density at radius 3 is 2.36 bits per heavy atom. The van der Waals surface area contributed by atoms with Gasteiger partial charge in [-0.1, -0.05) is 42.8 Å². The molecule has 2 heterocycles. The van der Waals surface area contributed by atoms with E-state index in [2.05, 4.69) is 0 Å². The van der Waals surface area contributed by atoms with E-state index in [4.69, 9.17) is 10.5 Å². The number of nitrogens with two attached hydrogens (primary N) is 1. The molecule has 0 radical (unpaired) electrons. The number of β-amino-alcohol motifs (C(OH)–C–C–N with tert-alkyl or cyclic N) is 1. The van der Waals surface area contributed by atoms with Crippen LogP contribution in [0.25, 0.3) is 5.57 Å². The van der Waals surface area contributed by atoms with Gasteiger partial charge in [-0.3, -0.25) is 9.59 Å². The molecule has 2 aliphatic heterocycles. The highest BCUT2D eigenvalue weighted by atomic mass is 19.4. The number of aliphatic hydroxyl groups is 1. The van der Waals surface area contributed by atoms with Crippen LogP contribution in [-0.2, 0) is 14.3 Å². The Morgan fingerprint density at radius 2 is 1.79 bits per heavy atom. The first kappa shape index (κ1) is 30.5. The quantitative estimate of drug-likeness (QED) is 0.437. The van der Waals surface area contributed by atoms with Crippen molar-refractivity contribution in [1.29, 1.82) is 0 Å². The van der Waals surface area contributed by atoms with Crippen LogP contribution in [0.15, 0.2) is 48.2 Å². The number of hydrogen-bond acceptors (Lipinski definition) is 5. The smallest absolute Gasteiger partial charge is 0.395 e. The summed E-state index contributed by atoms with van der Waals surface area (Å²) in [4.78, 5) is 29.2. The highest BCUT2D eigenvalue weighted by Crippen LogP contribution is 2.53. The zero-order chi connectivity index (χ0) is 30.3. The second kappa shape index (κ2) is 11.3. The molecule has 1 aromatic rings. The summed E-state index contributed by atoms with van der Waals surface area (Å²) in [5.41, 5.74) is 0.512. The Bertz CT molecular complexity index is 1240. The van der Waals surface area contributed by atoms with Gasteiger partial charge in [0.2, 0.25) is 11.6 Å². The molecule has 3 fully saturated rings. The number of primary amides is 1. The van der Waals surface area contributed by atoms with Gasteiger partial charge in [-0.2, -0.15) is 13.2 Å². The summed E-state index contributed by atoms with van der Waals surface area (Å²) in [6, 6.07) is 8.63. The van der Waals surface area contributed by atoms with Gasteiger partial charge >= 0.3 is 6.18 Å². The highest BCUT2D eigenvalue weighted by Gasteiger charge is 2.59. The Labute approximate surface area is 243 Å². The van der Waals surface area contributed by atoms with Crippen molar-refractivity contribution in [2.45, 2.75) is 75.4 Å². The Hall–Kier alpha value is -2.92.